The molecular formula is C72H95BBr3Cl10LiMgN6NaO27S5. The van der Waals surface area contributed by atoms with Crippen LogP contribution in [0.15, 0.2) is 132 Å². The van der Waals surface area contributed by atoms with Gasteiger partial charge in [-0.3, -0.25) is 9.59 Å². The molecule has 3 N–H and O–H groups in total. The van der Waals surface area contributed by atoms with Gasteiger partial charge < -0.3 is 109 Å². The minimum absolute atomic E-state index is 0. The second-order valence-corrected chi connectivity index (χ2v) is 33.1. The molecule has 703 valence electrons. The Bertz CT molecular complexity index is 4810. The number of hydrogen-bond donors (Lipinski definition) is 3. The van der Waals surface area contributed by atoms with Crippen molar-refractivity contribution in [2.24, 2.45) is 0 Å². The Hall–Kier alpha value is -3.22. The number of nitrogens with zero attached hydrogens (tertiary/aromatic N) is 6. The molecule has 0 aliphatic rings. The Morgan fingerprint density at radius 1 is 0.543 bits per heavy atom. The molecular weight excluding hydrogens is 2200 g/mol. The first-order chi connectivity index (χ1) is 55.3. The number of Topliss-reactive ketones (excluding diaryl/α,β-unsaturated/α-hetero) is 2. The number of ketones is 2. The summed E-state index contributed by atoms with van der Waals surface area (Å²) in [6.45, 7) is 14.3. The number of thioether (sulfide) groups is 1. The van der Waals surface area contributed by atoms with Gasteiger partial charge in [0.15, 0.2) is 123 Å². The van der Waals surface area contributed by atoms with Crippen molar-refractivity contribution >= 4 is 269 Å². The number of halogens is 13. The first kappa shape index (κ1) is 147. The summed E-state index contributed by atoms with van der Waals surface area (Å²) < 4.78 is 123. The fourth-order valence-electron chi connectivity index (χ4n) is 6.95. The van der Waals surface area contributed by atoms with E-state index in [1.54, 1.807) is 59.9 Å². The third-order valence-electron chi connectivity index (χ3n) is 11.9. The number of carbonyl (C=O) groups is 6. The van der Waals surface area contributed by atoms with Gasteiger partial charge in [0, 0.05) is 49.5 Å². The molecule has 0 aliphatic heterocycles. The van der Waals surface area contributed by atoms with Crippen molar-refractivity contribution in [3.63, 3.8) is 0 Å². The van der Waals surface area contributed by atoms with E-state index >= 15 is 0 Å². The van der Waals surface area contributed by atoms with Crippen molar-refractivity contribution in [1.29, 1.82) is 0 Å². The predicted octanol–water partition coefficient (Wildman–Crippen LogP) is 9.74. The van der Waals surface area contributed by atoms with Gasteiger partial charge in [-0.2, -0.15) is 6.26 Å². The van der Waals surface area contributed by atoms with E-state index in [0.29, 0.717) is 109 Å². The van der Waals surface area contributed by atoms with Crippen molar-refractivity contribution in [1.82, 2.24) is 29.9 Å². The van der Waals surface area contributed by atoms with Crippen molar-refractivity contribution in [2.75, 3.05) is 93.9 Å². The van der Waals surface area contributed by atoms with Crippen molar-refractivity contribution in [3.05, 3.63) is 174 Å². The zero-order valence-corrected chi connectivity index (χ0v) is 88.9. The minimum atomic E-state index is -3.56. The molecule has 0 atom stereocenters. The normalized spacial score (nSPS) is 9.67. The standard InChI is InChI=1S/C11H13Cl3O2.C10H9Cl3O2.C8H6Cl2O2.C7H9NO5S.C7H9NO3S.C6H6BrNO3.C6H7NO3.C5H6ClNO3S.C5H7NO4S.C2H4BrCl.CH4S.3CH4.CH3.B.BrH.Li.Mg.Na.H/c1-11(2,15)7-5-8(13)10(9(14)6-7)16-4-3-12;1-6(14)7-4-8(12)10(9(13)5-7)15-3-2-11;1-4(11)5-2-6(9)8(12)7(10)3-5;1-3-12-7(9)5-6(8-4-13-5)14(2,10)11;1-3-10-7(9)5-6(12-2)8-4-11-5;1-2-10-6(9)4-5(7)8-3-11-4;1-2-9-6(8)5-3-7-4-10-5;1-11(8,9)5-4(2-6)10-3-7-5;1-11(8,9)5-4(2-7)10-3-6-5;3-1-2-4;1-2;;;;;;;;;;/h5-6,15H,3-4H2,1-2H3;4-5H,2-3H2,1H3;2-3,12H,1H3;4H,3H2,1-2H3;4H,3H2,1-2H3;3H,2H2,1H3;3-4H,2H2,1H3;3H,2H2,1H3;3,7H,2H2,1H3;1-2H2;2H,1H3;3*1H4;1H3;;1H;;;;/q;;;;;;;;;;;;;;-1;;;+1;+2;+1;-1/p-2. The summed E-state index contributed by atoms with van der Waals surface area (Å²) in [5.41, 5.74) is 0.505. The molecule has 9 aromatic rings. The van der Waals surface area contributed by atoms with E-state index < -0.39 is 70.6 Å². The molecule has 0 saturated carbocycles. The van der Waals surface area contributed by atoms with Crippen LogP contribution in [0.3, 0.4) is 0 Å². The summed E-state index contributed by atoms with van der Waals surface area (Å²) in [6.07, 6.45) is 14.3. The number of aliphatic hydroxyl groups is 2. The Kier molecular flexibility index (Phi) is 91.3. The van der Waals surface area contributed by atoms with Gasteiger partial charge >= 0.3 is 95.3 Å². The molecule has 9 rings (SSSR count). The van der Waals surface area contributed by atoms with Gasteiger partial charge in [-0.25, -0.2) is 74.3 Å². The first-order valence-corrected chi connectivity index (χ1v) is 46.4. The molecule has 0 saturated heterocycles. The molecule has 6 aromatic heterocycles. The number of alkyl halides is 5. The topological polar surface area (TPSA) is 477 Å². The molecule has 0 amide bonds. The summed E-state index contributed by atoms with van der Waals surface area (Å²) in [4.78, 5) is 87.4. The molecule has 3 aromatic carbocycles. The minimum Gasteiger partial charge on any atom is -1.00 e. The van der Waals surface area contributed by atoms with Crippen LogP contribution in [0, 0.1) is 7.43 Å². The summed E-state index contributed by atoms with van der Waals surface area (Å²) in [5, 5.41) is 29.9. The van der Waals surface area contributed by atoms with E-state index in [2.05, 4.69) is 102 Å². The maximum atomic E-state index is 11.2. The average molecular weight is 2300 g/mol. The van der Waals surface area contributed by atoms with Gasteiger partial charge in [0.25, 0.3) is 5.76 Å². The summed E-state index contributed by atoms with van der Waals surface area (Å²) in [6, 6.07) is 9.09. The van der Waals surface area contributed by atoms with E-state index in [0.717, 1.165) is 43.3 Å². The van der Waals surface area contributed by atoms with Crippen LogP contribution in [0.4, 0.5) is 0 Å². The van der Waals surface area contributed by atoms with Gasteiger partial charge in [0.05, 0.1) is 86.0 Å². The number of carbonyl (C=O) groups excluding carboxylic acids is 6. The van der Waals surface area contributed by atoms with Gasteiger partial charge in [-0.05, 0) is 120 Å². The molecule has 6 heterocycles. The summed E-state index contributed by atoms with van der Waals surface area (Å²) in [7, 11) is -10.2. The van der Waals surface area contributed by atoms with E-state index in [1.165, 1.54) is 75.3 Å². The van der Waals surface area contributed by atoms with Gasteiger partial charge in [-0.15, -0.1) is 58.2 Å². The zero-order valence-electron chi connectivity index (χ0n) is 70.1. The fourth-order valence-corrected chi connectivity index (χ4v) is 12.1. The van der Waals surface area contributed by atoms with Crippen LogP contribution in [0.5, 0.6) is 17.2 Å². The monoisotopic (exact) mass is 2290 g/mol. The van der Waals surface area contributed by atoms with E-state index in [-0.39, 0.29) is 212 Å². The number of esters is 4. The molecule has 0 spiro atoms. The number of aromatic nitrogens is 6. The van der Waals surface area contributed by atoms with Crippen LogP contribution < -0.4 is 74.9 Å². The molecule has 33 nitrogen and oxygen atoms in total. The molecule has 127 heavy (non-hydrogen) atoms. The maximum Gasteiger partial charge on any atom is 2.00 e. The summed E-state index contributed by atoms with van der Waals surface area (Å²) in [5.74, 6) is -0.273. The number of benzene rings is 3. The van der Waals surface area contributed by atoms with Crippen LogP contribution in [-0.2, 0) is 79.2 Å². The number of rotatable bonds is 24. The Labute approximate surface area is 880 Å². The van der Waals surface area contributed by atoms with Gasteiger partial charge in [0.2, 0.25) is 22.3 Å². The van der Waals surface area contributed by atoms with E-state index in [9.17, 15) is 59.1 Å². The molecule has 0 fully saturated rings. The Morgan fingerprint density at radius 2 is 0.874 bits per heavy atom. The molecule has 0 unspecified atom stereocenters. The number of aromatic hydroxyl groups is 1. The number of ether oxygens (including phenoxy) is 6. The number of sulfone groups is 3. The number of oxazole rings is 6. The number of hydrogen-bond acceptors (Lipinski definition) is 35. The van der Waals surface area contributed by atoms with Gasteiger partial charge in [-0.1, -0.05) is 108 Å². The van der Waals surface area contributed by atoms with Crippen LogP contribution in [0.25, 0.3) is 0 Å². The van der Waals surface area contributed by atoms with E-state index in [4.69, 9.17) is 154 Å². The molecule has 55 heteroatoms. The Balaban J connectivity index is -0.000000116. The third kappa shape index (κ3) is 57.3. The Morgan fingerprint density at radius 3 is 1.19 bits per heavy atom. The van der Waals surface area contributed by atoms with Crippen LogP contribution in [-0.4, -0.2) is 231 Å². The molecule has 3 radical (unpaired) electrons. The van der Waals surface area contributed by atoms with Gasteiger partial charge in [0.1, 0.15) is 24.8 Å². The van der Waals surface area contributed by atoms with Crippen LogP contribution >= 0.6 is 160 Å². The molecule has 0 bridgehead atoms. The predicted molar refractivity (Wildman–Crippen MR) is 493 cm³/mol. The van der Waals surface area contributed by atoms with E-state index in [1.807, 2.05) is 6.26 Å². The summed E-state index contributed by atoms with van der Waals surface area (Å²) >= 11 is 68.1. The maximum absolute atomic E-state index is 11.2. The largest absolute Gasteiger partial charge is 2.00 e. The van der Waals surface area contributed by atoms with Crippen molar-refractivity contribution in [2.45, 2.75) is 116 Å². The second kappa shape index (κ2) is 79.0. The zero-order chi connectivity index (χ0) is 90.9. The fraction of sp³-hybridized carbons (Fsp3) is 0.403. The average Bonchev–Trinajstić information content (AvgIpc) is 1.26. The van der Waals surface area contributed by atoms with Crippen LogP contribution in [0.1, 0.15) is 159 Å². The first-order valence-electron chi connectivity index (χ1n) is 32.3. The smallest absolute Gasteiger partial charge is 1.00 e. The SMILES string of the molecule is C.C.C.CC(=O)c1cc(Cl)c(O)c(Cl)c1.CC(=O)c1cc(Cl)c(OCCCl)c(Cl)c1.CC(C)(O)c1cc(Cl)c(OCCCl)c(Cl)c1.CCOC(=O)c1cnco1.CCOC(=O)c1ocnc1Br.CCOC(=O)c1ocnc1S(C)(=O)=O.CCOC(=O)c1ocnc1SC.CS(=O)(=O)c1ncoc1CCl.CS(=O)(=O)c1ncoc1CO.C[S-].ClCCBr.[B].[Br-].[CH3-].[H-].[Li+].[Mg+2].[Na+]. The van der Waals surface area contributed by atoms with Crippen LogP contribution in [0.2, 0.25) is 30.1 Å². The number of aliphatic hydroxyl groups excluding tert-OH is 1. The van der Waals surface area contributed by atoms with Crippen molar-refractivity contribution in [3.8, 4) is 17.2 Å². The number of phenols is 1. The second-order valence-electron chi connectivity index (χ2n) is 21.1. The quantitative estimate of drug-likeness (QED) is 0.00740. The number of phenolic OH excluding ortho intramolecular Hbond substituents is 1. The third-order valence-corrected chi connectivity index (χ3v) is 19.5. The van der Waals surface area contributed by atoms with Crippen molar-refractivity contribution < 1.29 is 191 Å². The molecule has 0 aliphatic carbocycles.